The van der Waals surface area contributed by atoms with Gasteiger partial charge in [0.05, 0.1) is 30.8 Å². The molecule has 0 fully saturated rings. The third-order valence-corrected chi connectivity index (χ3v) is 8.59. The van der Waals surface area contributed by atoms with Crippen LogP contribution in [0.25, 0.3) is 0 Å². The average molecular weight is 531 g/mol. The minimum atomic E-state index is -0.503. The van der Waals surface area contributed by atoms with Crippen molar-refractivity contribution in [1.29, 1.82) is 0 Å². The number of rotatable bonds is 10. The fourth-order valence-electron chi connectivity index (χ4n) is 4.61. The predicted octanol–water partition coefficient (Wildman–Crippen LogP) is 7.00. The molecule has 1 heterocycles. The van der Waals surface area contributed by atoms with Gasteiger partial charge in [0.1, 0.15) is 11.0 Å². The third-order valence-electron chi connectivity index (χ3n) is 7.13. The number of hydrogen-bond donors (Lipinski definition) is 1. The van der Waals surface area contributed by atoms with E-state index in [-0.39, 0.29) is 17.9 Å². The molecule has 3 aromatic rings. The van der Waals surface area contributed by atoms with E-state index in [0.717, 1.165) is 51.4 Å². The Balaban J connectivity index is 1.48. The number of ether oxygens (including phenoxy) is 1. The van der Waals surface area contributed by atoms with Gasteiger partial charge in [-0.2, -0.15) is 0 Å². The summed E-state index contributed by atoms with van der Waals surface area (Å²) in [6.45, 7) is 11.3. The molecule has 2 amide bonds. The highest BCUT2D eigenvalue weighted by molar-refractivity contribution is 8.01. The second kappa shape index (κ2) is 12.5. The van der Waals surface area contributed by atoms with Gasteiger partial charge in [0.2, 0.25) is 11.8 Å². The van der Waals surface area contributed by atoms with E-state index in [0.29, 0.717) is 13.2 Å². The second-order valence-electron chi connectivity index (χ2n) is 10.2. The second-order valence-corrected chi connectivity index (χ2v) is 11.3. The summed E-state index contributed by atoms with van der Waals surface area (Å²) in [7, 11) is 0. The van der Waals surface area contributed by atoms with Crippen molar-refractivity contribution in [3.8, 4) is 5.75 Å². The molecule has 0 unspecified atom stereocenters. The molecule has 0 aliphatic carbocycles. The van der Waals surface area contributed by atoms with E-state index in [1.807, 2.05) is 67.3 Å². The van der Waals surface area contributed by atoms with Crippen molar-refractivity contribution in [1.82, 2.24) is 5.32 Å². The largest absolute Gasteiger partial charge is 0.494 e. The van der Waals surface area contributed by atoms with Gasteiger partial charge >= 0.3 is 0 Å². The van der Waals surface area contributed by atoms with Crippen LogP contribution in [0.4, 0.5) is 5.69 Å². The first kappa shape index (κ1) is 27.8. The molecule has 200 valence electrons. The van der Waals surface area contributed by atoms with Gasteiger partial charge in [-0.1, -0.05) is 68.3 Å². The molecule has 0 spiro atoms. The number of nitrogens with zero attached hydrogens (tertiary/aromatic N) is 1. The summed E-state index contributed by atoms with van der Waals surface area (Å²) in [5, 5.41) is 2.62. The van der Waals surface area contributed by atoms with Crippen molar-refractivity contribution in [3.63, 3.8) is 0 Å². The van der Waals surface area contributed by atoms with Crippen molar-refractivity contribution in [2.24, 2.45) is 5.92 Å². The zero-order chi connectivity index (χ0) is 27.2. The summed E-state index contributed by atoms with van der Waals surface area (Å²) in [6.07, 6.45) is 2.12. The summed E-state index contributed by atoms with van der Waals surface area (Å²) in [6, 6.07) is 22.0. The lowest BCUT2D eigenvalue weighted by Crippen LogP contribution is -2.47. The number of aryl methyl sites for hydroxylation is 2. The number of hydrogen-bond acceptors (Lipinski definition) is 4. The van der Waals surface area contributed by atoms with Gasteiger partial charge in [0, 0.05) is 4.90 Å². The summed E-state index contributed by atoms with van der Waals surface area (Å²) in [5.41, 5.74) is 5.33. The van der Waals surface area contributed by atoms with Crippen LogP contribution in [0, 0.1) is 19.8 Å². The van der Waals surface area contributed by atoms with Crippen molar-refractivity contribution in [3.05, 3.63) is 89.0 Å². The fourth-order valence-corrected chi connectivity index (χ4v) is 5.90. The summed E-state index contributed by atoms with van der Waals surface area (Å²) in [5.74, 6) is 0.179. The monoisotopic (exact) mass is 530 g/mol. The molecular weight excluding hydrogens is 492 g/mol. The number of nitrogens with one attached hydrogen (secondary N) is 1. The highest BCUT2D eigenvalue weighted by Gasteiger charge is 2.39. The molecule has 4 rings (SSSR count). The van der Waals surface area contributed by atoms with E-state index in [1.165, 1.54) is 11.8 Å². The third kappa shape index (κ3) is 6.41. The summed E-state index contributed by atoms with van der Waals surface area (Å²) < 4.78 is 5.75. The van der Waals surface area contributed by atoms with Gasteiger partial charge in [-0.25, -0.2) is 0 Å². The SMILES string of the molecule is CCCCOc1ccc([C@H](C)NC(=O)[C@@H](C)[C@@H]2Sc3ccccc3N(Cc3cc(C)ccc3C)C2=O)cc1. The average Bonchev–Trinajstić information content (AvgIpc) is 2.92. The van der Waals surface area contributed by atoms with Crippen molar-refractivity contribution < 1.29 is 14.3 Å². The maximum Gasteiger partial charge on any atom is 0.241 e. The van der Waals surface area contributed by atoms with E-state index >= 15 is 0 Å². The minimum absolute atomic E-state index is 0.0292. The van der Waals surface area contributed by atoms with Crippen molar-refractivity contribution >= 4 is 29.3 Å². The molecular formula is C32H38N2O3S. The molecule has 1 N–H and O–H groups in total. The highest BCUT2D eigenvalue weighted by Crippen LogP contribution is 2.42. The molecule has 0 radical (unpaired) electrons. The number of thioether (sulfide) groups is 1. The van der Waals surface area contributed by atoms with Crippen molar-refractivity contribution in [2.45, 2.75) is 70.2 Å². The Bertz CT molecular complexity index is 1270. The molecule has 0 saturated heterocycles. The van der Waals surface area contributed by atoms with Gasteiger partial charge in [-0.15, -0.1) is 11.8 Å². The zero-order valence-corrected chi connectivity index (χ0v) is 23.8. The van der Waals surface area contributed by atoms with Crippen molar-refractivity contribution in [2.75, 3.05) is 11.5 Å². The van der Waals surface area contributed by atoms with Crippen LogP contribution in [0.2, 0.25) is 0 Å². The van der Waals surface area contributed by atoms with E-state index in [1.54, 1.807) is 0 Å². The number of benzene rings is 3. The molecule has 5 nitrogen and oxygen atoms in total. The Labute approximate surface area is 231 Å². The standard InChI is InChI=1S/C32H38N2O3S/c1-6-7-18-37-27-16-14-25(15-17-27)24(5)33-31(35)23(4)30-32(36)34(28-10-8-9-11-29(28)38-30)20-26-19-21(2)12-13-22(26)3/h8-17,19,23-24,30H,6-7,18,20H2,1-5H3,(H,33,35)/t23-,24-,30-/m0/s1. The topological polar surface area (TPSA) is 58.6 Å². The maximum atomic E-state index is 13.8. The van der Waals surface area contributed by atoms with Crippen LogP contribution in [0.3, 0.4) is 0 Å². The molecule has 0 saturated carbocycles. The number of anilines is 1. The number of carbonyl (C=O) groups excluding carboxylic acids is 2. The molecule has 6 heteroatoms. The van der Waals surface area contributed by atoms with Gasteiger partial charge in [-0.3, -0.25) is 9.59 Å². The van der Waals surface area contributed by atoms with Crippen LogP contribution in [-0.2, 0) is 16.1 Å². The van der Waals surface area contributed by atoms with Gasteiger partial charge in [0.15, 0.2) is 0 Å². The molecule has 1 aliphatic rings. The summed E-state index contributed by atoms with van der Waals surface area (Å²) in [4.78, 5) is 30.1. The number of para-hydroxylation sites is 1. The quantitative estimate of drug-likeness (QED) is 0.287. The van der Waals surface area contributed by atoms with Crippen LogP contribution in [0.15, 0.2) is 71.6 Å². The lowest BCUT2D eigenvalue weighted by molar-refractivity contribution is -0.128. The first-order valence-electron chi connectivity index (χ1n) is 13.4. The van der Waals surface area contributed by atoms with Gasteiger partial charge in [-0.05, 0) is 68.1 Å². The van der Waals surface area contributed by atoms with Crippen LogP contribution in [0.1, 0.15) is 61.9 Å². The van der Waals surface area contributed by atoms with Crippen LogP contribution in [0.5, 0.6) is 5.75 Å². The van der Waals surface area contributed by atoms with Crippen LogP contribution < -0.4 is 15.0 Å². The molecule has 0 bridgehead atoms. The molecule has 3 atom stereocenters. The Kier molecular flexibility index (Phi) is 9.16. The lowest BCUT2D eigenvalue weighted by Gasteiger charge is -2.36. The van der Waals surface area contributed by atoms with Gasteiger partial charge < -0.3 is 15.0 Å². The van der Waals surface area contributed by atoms with Crippen LogP contribution in [-0.4, -0.2) is 23.7 Å². The van der Waals surface area contributed by atoms with Gasteiger partial charge in [0.25, 0.3) is 0 Å². The van der Waals surface area contributed by atoms with Crippen LogP contribution >= 0.6 is 11.8 Å². The Morgan fingerprint density at radius 2 is 1.79 bits per heavy atom. The Morgan fingerprint density at radius 1 is 1.05 bits per heavy atom. The Hall–Kier alpha value is -3.25. The number of unbranched alkanes of at least 4 members (excludes halogenated alkanes) is 1. The fraction of sp³-hybridized carbons (Fsp3) is 0.375. The predicted molar refractivity (Wildman–Crippen MR) is 156 cm³/mol. The van der Waals surface area contributed by atoms with E-state index < -0.39 is 11.2 Å². The first-order valence-corrected chi connectivity index (χ1v) is 14.3. The molecule has 38 heavy (non-hydrogen) atoms. The summed E-state index contributed by atoms with van der Waals surface area (Å²) >= 11 is 1.49. The number of fused-ring (bicyclic) bond motifs is 1. The molecule has 1 aliphatic heterocycles. The molecule has 3 aromatic carbocycles. The van der Waals surface area contributed by atoms with E-state index in [4.69, 9.17) is 4.74 Å². The lowest BCUT2D eigenvalue weighted by atomic mass is 10.0. The van der Waals surface area contributed by atoms with E-state index in [9.17, 15) is 9.59 Å². The number of amides is 2. The maximum absolute atomic E-state index is 13.8. The minimum Gasteiger partial charge on any atom is -0.494 e. The first-order chi connectivity index (χ1) is 18.3. The highest BCUT2D eigenvalue weighted by atomic mass is 32.2. The number of carbonyl (C=O) groups is 2. The smallest absolute Gasteiger partial charge is 0.241 e. The Morgan fingerprint density at radius 3 is 2.53 bits per heavy atom. The molecule has 0 aromatic heterocycles. The van der Waals surface area contributed by atoms with E-state index in [2.05, 4.69) is 44.3 Å². The zero-order valence-electron chi connectivity index (χ0n) is 23.0. The normalized spacial score (nSPS) is 16.5.